The first-order valence-corrected chi connectivity index (χ1v) is 3.88. The molecule has 1 fully saturated rings. The van der Waals surface area contributed by atoms with Crippen LogP contribution in [0.25, 0.3) is 0 Å². The molecular formula is C8H14F2. The Balaban J connectivity index is 2.63. The smallest absolute Gasteiger partial charge is 0.141 e. The number of hydrogen-bond acceptors (Lipinski definition) is 0. The molecule has 0 spiro atoms. The molecule has 0 radical (unpaired) electrons. The highest BCUT2D eigenvalue weighted by molar-refractivity contribution is 4.91. The summed E-state index contributed by atoms with van der Waals surface area (Å²) < 4.78 is 26.1. The highest BCUT2D eigenvalue weighted by atomic mass is 19.2. The molecule has 2 heteroatoms. The zero-order valence-electron chi connectivity index (χ0n) is 6.53. The first-order valence-electron chi connectivity index (χ1n) is 3.88. The predicted molar refractivity (Wildman–Crippen MR) is 37.4 cm³/mol. The van der Waals surface area contributed by atoms with Gasteiger partial charge in [0.1, 0.15) is 11.8 Å². The molecule has 0 saturated heterocycles. The fourth-order valence-electron chi connectivity index (χ4n) is 1.48. The van der Waals surface area contributed by atoms with Gasteiger partial charge in [-0.05, 0) is 25.7 Å². The van der Waals surface area contributed by atoms with Gasteiger partial charge in [0.25, 0.3) is 0 Å². The van der Waals surface area contributed by atoms with E-state index in [1.54, 1.807) is 6.92 Å². The van der Waals surface area contributed by atoms with Crippen LogP contribution >= 0.6 is 0 Å². The lowest BCUT2D eigenvalue weighted by molar-refractivity contribution is -0.0150. The second kappa shape index (κ2) is 2.48. The van der Waals surface area contributed by atoms with Gasteiger partial charge in [-0.25, -0.2) is 8.78 Å². The van der Waals surface area contributed by atoms with Crippen molar-refractivity contribution >= 4 is 0 Å². The van der Waals surface area contributed by atoms with E-state index in [1.165, 1.54) is 6.92 Å². The molecule has 0 aromatic rings. The van der Waals surface area contributed by atoms with Gasteiger partial charge < -0.3 is 0 Å². The molecule has 0 bridgehead atoms. The summed E-state index contributed by atoms with van der Waals surface area (Å²) in [4.78, 5) is 0. The molecule has 1 aliphatic carbocycles. The van der Waals surface area contributed by atoms with Crippen molar-refractivity contribution in [3.63, 3.8) is 0 Å². The lowest BCUT2D eigenvalue weighted by Gasteiger charge is -2.35. The van der Waals surface area contributed by atoms with E-state index >= 15 is 0 Å². The van der Waals surface area contributed by atoms with Crippen LogP contribution in [0.2, 0.25) is 0 Å². The van der Waals surface area contributed by atoms with Crippen molar-refractivity contribution in [2.24, 2.45) is 5.92 Å². The minimum Gasteiger partial charge on any atom is -0.244 e. The summed E-state index contributed by atoms with van der Waals surface area (Å²) in [6.45, 7) is 3.16. The van der Waals surface area contributed by atoms with Gasteiger partial charge in [-0.2, -0.15) is 0 Å². The highest BCUT2D eigenvalue weighted by Gasteiger charge is 2.42. The van der Waals surface area contributed by atoms with Gasteiger partial charge in [0.2, 0.25) is 0 Å². The first-order chi connectivity index (χ1) is 4.55. The average Bonchev–Trinajstić information content (AvgIpc) is 1.84. The molecule has 1 rings (SSSR count). The van der Waals surface area contributed by atoms with Crippen LogP contribution in [0.5, 0.6) is 0 Å². The molecule has 1 aliphatic rings. The van der Waals surface area contributed by atoms with Gasteiger partial charge >= 0.3 is 0 Å². The van der Waals surface area contributed by atoms with E-state index in [2.05, 4.69) is 0 Å². The van der Waals surface area contributed by atoms with Crippen LogP contribution in [0.3, 0.4) is 0 Å². The van der Waals surface area contributed by atoms with Crippen molar-refractivity contribution in [1.82, 2.24) is 0 Å². The summed E-state index contributed by atoms with van der Waals surface area (Å²) in [5.41, 5.74) is -1.57. The number of alkyl halides is 2. The van der Waals surface area contributed by atoms with E-state index in [1.807, 2.05) is 0 Å². The summed E-state index contributed by atoms with van der Waals surface area (Å²) in [6.07, 6.45) is 0.823. The van der Waals surface area contributed by atoms with Crippen LogP contribution in [0.1, 0.15) is 33.1 Å². The minimum absolute atomic E-state index is 0.115. The van der Waals surface area contributed by atoms with E-state index in [4.69, 9.17) is 0 Å². The third-order valence-corrected chi connectivity index (χ3v) is 2.67. The lowest BCUT2D eigenvalue weighted by Crippen LogP contribution is -2.41. The Morgan fingerprint density at radius 3 is 2.40 bits per heavy atom. The maximum Gasteiger partial charge on any atom is 0.141 e. The Hall–Kier alpha value is -0.140. The first kappa shape index (κ1) is 7.96. The molecule has 0 nitrogen and oxygen atoms in total. The van der Waals surface area contributed by atoms with E-state index < -0.39 is 11.8 Å². The second-order valence-electron chi connectivity index (χ2n) is 3.45. The minimum atomic E-state index is -1.57. The van der Waals surface area contributed by atoms with Crippen molar-refractivity contribution in [1.29, 1.82) is 0 Å². The van der Waals surface area contributed by atoms with E-state index in [0.717, 1.165) is 12.8 Å². The Kier molecular flexibility index (Phi) is 1.97. The van der Waals surface area contributed by atoms with Crippen LogP contribution in [-0.4, -0.2) is 11.8 Å². The summed E-state index contributed by atoms with van der Waals surface area (Å²) >= 11 is 0. The highest BCUT2D eigenvalue weighted by Crippen LogP contribution is 2.38. The monoisotopic (exact) mass is 148 g/mol. The average molecular weight is 148 g/mol. The third kappa shape index (κ3) is 1.16. The maximum atomic E-state index is 13.3. The topological polar surface area (TPSA) is 0 Å². The molecule has 0 amide bonds. The summed E-state index contributed by atoms with van der Waals surface area (Å²) in [5, 5.41) is 0. The molecule has 10 heavy (non-hydrogen) atoms. The number of rotatable bonds is 0. The van der Waals surface area contributed by atoms with Gasteiger partial charge in [-0.3, -0.25) is 0 Å². The summed E-state index contributed by atoms with van der Waals surface area (Å²) in [7, 11) is 0. The fraction of sp³-hybridized carbons (Fsp3) is 1.00. The van der Waals surface area contributed by atoms with Crippen LogP contribution in [0.15, 0.2) is 0 Å². The van der Waals surface area contributed by atoms with Crippen molar-refractivity contribution < 1.29 is 8.78 Å². The van der Waals surface area contributed by atoms with E-state index in [0.29, 0.717) is 6.42 Å². The molecule has 0 N–H and O–H groups in total. The molecule has 0 aromatic heterocycles. The van der Waals surface area contributed by atoms with Gasteiger partial charge in [-0.1, -0.05) is 13.3 Å². The number of halogens is 2. The van der Waals surface area contributed by atoms with Crippen molar-refractivity contribution in [2.45, 2.75) is 45.0 Å². The molecule has 0 aromatic carbocycles. The van der Waals surface area contributed by atoms with E-state index in [-0.39, 0.29) is 5.92 Å². The SMILES string of the molecule is CC1CCCC(F)C1(C)F. The fourth-order valence-corrected chi connectivity index (χ4v) is 1.48. The molecule has 3 atom stereocenters. The molecule has 60 valence electrons. The van der Waals surface area contributed by atoms with Crippen LogP contribution in [0.4, 0.5) is 8.78 Å². The van der Waals surface area contributed by atoms with Crippen LogP contribution in [-0.2, 0) is 0 Å². The summed E-state index contributed by atoms with van der Waals surface area (Å²) in [5.74, 6) is -0.115. The standard InChI is InChI=1S/C8H14F2/c1-6-4-3-5-7(9)8(6,2)10/h6-7H,3-5H2,1-2H3. The molecule has 0 heterocycles. The Bertz CT molecular complexity index is 108. The van der Waals surface area contributed by atoms with Gasteiger partial charge in [0, 0.05) is 0 Å². The predicted octanol–water partition coefficient (Wildman–Crippen LogP) is 2.87. The lowest BCUT2D eigenvalue weighted by atomic mass is 9.78. The van der Waals surface area contributed by atoms with E-state index in [9.17, 15) is 8.78 Å². The number of hydrogen-bond donors (Lipinski definition) is 0. The largest absolute Gasteiger partial charge is 0.244 e. The van der Waals surface area contributed by atoms with Gasteiger partial charge in [0.15, 0.2) is 0 Å². The summed E-state index contributed by atoms with van der Waals surface area (Å²) in [6, 6.07) is 0. The molecular weight excluding hydrogens is 134 g/mol. The van der Waals surface area contributed by atoms with Gasteiger partial charge in [-0.15, -0.1) is 0 Å². The second-order valence-corrected chi connectivity index (χ2v) is 3.45. The van der Waals surface area contributed by atoms with Crippen molar-refractivity contribution in [2.75, 3.05) is 0 Å². The Morgan fingerprint density at radius 1 is 1.40 bits per heavy atom. The normalized spacial score (nSPS) is 49.2. The van der Waals surface area contributed by atoms with Gasteiger partial charge in [0.05, 0.1) is 0 Å². The van der Waals surface area contributed by atoms with Crippen LogP contribution < -0.4 is 0 Å². The maximum absolute atomic E-state index is 13.3. The molecule has 3 unspecified atom stereocenters. The van der Waals surface area contributed by atoms with Crippen molar-refractivity contribution in [3.05, 3.63) is 0 Å². The zero-order valence-corrected chi connectivity index (χ0v) is 6.53. The van der Waals surface area contributed by atoms with Crippen LogP contribution in [0, 0.1) is 5.92 Å². The Labute approximate surface area is 60.6 Å². The third-order valence-electron chi connectivity index (χ3n) is 2.67. The van der Waals surface area contributed by atoms with Crippen molar-refractivity contribution in [3.8, 4) is 0 Å². The zero-order chi connectivity index (χ0) is 7.78. The quantitative estimate of drug-likeness (QED) is 0.495. The molecule has 1 saturated carbocycles. The molecule has 0 aliphatic heterocycles. The Morgan fingerprint density at radius 2 is 2.00 bits per heavy atom.